The number of aromatic amines is 2. The maximum Gasteiger partial charge on any atom is 0.135 e. The molecule has 3 N–H and O–H groups in total. The number of nitrogens with zero attached hydrogens (tertiary/aromatic N) is 4. The number of H-pyrrole nitrogens is 2. The fraction of sp³-hybridized carbons (Fsp3) is 0.111. The van der Waals surface area contributed by atoms with Gasteiger partial charge in [0.25, 0.3) is 0 Å². The van der Waals surface area contributed by atoms with Gasteiger partial charge in [-0.15, -0.1) is 11.3 Å². The Bertz CT molecular complexity index is 1710. The van der Waals surface area contributed by atoms with Crippen molar-refractivity contribution in [3.05, 3.63) is 78.7 Å². The fourth-order valence-electron chi connectivity index (χ4n) is 4.41. The van der Waals surface area contributed by atoms with Gasteiger partial charge in [0, 0.05) is 34.6 Å². The molecule has 0 bridgehead atoms. The lowest BCUT2D eigenvalue weighted by Gasteiger charge is -2.09. The molecule has 8 heteroatoms. The van der Waals surface area contributed by atoms with E-state index in [0.29, 0.717) is 5.92 Å². The molecule has 0 aliphatic heterocycles. The minimum atomic E-state index is 0.577. The number of anilines is 1. The van der Waals surface area contributed by atoms with Crippen LogP contribution >= 0.6 is 11.3 Å². The average molecular weight is 476 g/mol. The van der Waals surface area contributed by atoms with Crippen LogP contribution in [0.5, 0.6) is 0 Å². The van der Waals surface area contributed by atoms with Crippen LogP contribution in [0.1, 0.15) is 12.8 Å². The molecule has 6 aromatic rings. The first-order chi connectivity index (χ1) is 17.2. The summed E-state index contributed by atoms with van der Waals surface area (Å²) < 4.78 is 0. The zero-order valence-corrected chi connectivity index (χ0v) is 19.6. The highest BCUT2D eigenvalue weighted by molar-refractivity contribution is 7.13. The van der Waals surface area contributed by atoms with E-state index < -0.39 is 0 Å². The minimum absolute atomic E-state index is 0.577. The molecule has 0 unspecified atom stereocenters. The zero-order chi connectivity index (χ0) is 23.4. The number of fused-ring (bicyclic) bond motifs is 2. The number of thiophene rings is 1. The molecule has 35 heavy (non-hydrogen) atoms. The maximum absolute atomic E-state index is 4.97. The Kier molecular flexibility index (Phi) is 4.53. The Morgan fingerprint density at radius 1 is 1.06 bits per heavy atom. The summed E-state index contributed by atoms with van der Waals surface area (Å²) in [5, 5.41) is 14.3. The molecule has 1 fully saturated rings. The molecule has 0 amide bonds. The molecule has 170 valence electrons. The van der Waals surface area contributed by atoms with E-state index in [0.717, 1.165) is 66.5 Å². The lowest BCUT2D eigenvalue weighted by atomic mass is 10.1. The molecule has 1 saturated carbocycles. The lowest BCUT2D eigenvalue weighted by molar-refractivity contribution is 1.02. The van der Waals surface area contributed by atoms with Gasteiger partial charge in [0.1, 0.15) is 11.2 Å². The van der Waals surface area contributed by atoms with Crippen molar-refractivity contribution < 1.29 is 0 Å². The van der Waals surface area contributed by atoms with Crippen LogP contribution in [0.4, 0.5) is 5.69 Å². The Morgan fingerprint density at radius 3 is 2.86 bits per heavy atom. The summed E-state index contributed by atoms with van der Waals surface area (Å²) in [6.07, 6.45) is 7.91. The van der Waals surface area contributed by atoms with Gasteiger partial charge in [-0.3, -0.25) is 15.1 Å². The highest BCUT2D eigenvalue weighted by Crippen LogP contribution is 2.37. The summed E-state index contributed by atoms with van der Waals surface area (Å²) in [6.45, 7) is 4.16. The van der Waals surface area contributed by atoms with E-state index in [1.54, 1.807) is 11.3 Å². The van der Waals surface area contributed by atoms with Gasteiger partial charge < -0.3 is 10.3 Å². The standard InChI is InChI=1S/C27H21N7S/c1-15(16-4-5-16)30-18-11-17(13-28-14-18)20-6-7-22-26(32-20)27(34-33-22)23-12-19-21(31-23)8-9-29-25(19)24-3-2-10-35-24/h2-3,6-14,16,30-31H,1,4-5H2,(H,33,34). The molecule has 6 aromatic heterocycles. The number of hydrogen-bond donors (Lipinski definition) is 3. The van der Waals surface area contributed by atoms with Gasteiger partial charge in [0.2, 0.25) is 0 Å². The van der Waals surface area contributed by atoms with Crippen LogP contribution in [0.25, 0.3) is 55.2 Å². The summed E-state index contributed by atoms with van der Waals surface area (Å²) in [5.74, 6) is 0.577. The lowest BCUT2D eigenvalue weighted by Crippen LogP contribution is -2.00. The van der Waals surface area contributed by atoms with Crippen molar-refractivity contribution in [1.82, 2.24) is 30.1 Å². The number of allylic oxidation sites excluding steroid dienone is 1. The largest absolute Gasteiger partial charge is 0.358 e. The summed E-state index contributed by atoms with van der Waals surface area (Å²) >= 11 is 1.68. The predicted molar refractivity (Wildman–Crippen MR) is 141 cm³/mol. The molecule has 0 saturated heterocycles. The molecule has 7 rings (SSSR count). The van der Waals surface area contributed by atoms with Gasteiger partial charge in [-0.25, -0.2) is 4.98 Å². The van der Waals surface area contributed by atoms with E-state index in [-0.39, 0.29) is 0 Å². The van der Waals surface area contributed by atoms with Gasteiger partial charge >= 0.3 is 0 Å². The van der Waals surface area contributed by atoms with Gasteiger partial charge in [-0.1, -0.05) is 12.6 Å². The third kappa shape index (κ3) is 3.59. The van der Waals surface area contributed by atoms with Crippen molar-refractivity contribution >= 4 is 39.0 Å². The van der Waals surface area contributed by atoms with Crippen LogP contribution in [0.15, 0.2) is 78.7 Å². The van der Waals surface area contributed by atoms with Crippen LogP contribution in [0.3, 0.4) is 0 Å². The number of pyridine rings is 3. The average Bonchev–Trinajstić information content (AvgIpc) is 3.26. The smallest absolute Gasteiger partial charge is 0.135 e. The third-order valence-corrected chi connectivity index (χ3v) is 7.25. The molecule has 1 aliphatic carbocycles. The summed E-state index contributed by atoms with van der Waals surface area (Å²) in [6, 6.07) is 14.3. The number of aromatic nitrogens is 6. The fourth-order valence-corrected chi connectivity index (χ4v) is 5.14. The molecule has 0 atom stereocenters. The van der Waals surface area contributed by atoms with Crippen molar-refractivity contribution in [2.24, 2.45) is 5.92 Å². The van der Waals surface area contributed by atoms with E-state index >= 15 is 0 Å². The van der Waals surface area contributed by atoms with Crippen molar-refractivity contribution in [2.45, 2.75) is 12.8 Å². The number of nitrogens with one attached hydrogen (secondary N) is 3. The highest BCUT2D eigenvalue weighted by Gasteiger charge is 2.24. The molecule has 1 aliphatic rings. The molecule has 6 heterocycles. The Morgan fingerprint density at radius 2 is 2.00 bits per heavy atom. The minimum Gasteiger partial charge on any atom is -0.358 e. The molecule has 7 nitrogen and oxygen atoms in total. The van der Waals surface area contributed by atoms with E-state index in [1.807, 2.05) is 42.9 Å². The summed E-state index contributed by atoms with van der Waals surface area (Å²) in [7, 11) is 0. The first-order valence-electron chi connectivity index (χ1n) is 11.5. The van der Waals surface area contributed by atoms with Gasteiger partial charge in [-0.2, -0.15) is 5.10 Å². The molecular formula is C27H21N7S. The first-order valence-corrected chi connectivity index (χ1v) is 12.4. The van der Waals surface area contributed by atoms with Crippen LogP contribution in [0.2, 0.25) is 0 Å². The second kappa shape index (κ2) is 7.89. The van der Waals surface area contributed by atoms with Gasteiger partial charge in [0.05, 0.1) is 39.4 Å². The van der Waals surface area contributed by atoms with Crippen molar-refractivity contribution in [2.75, 3.05) is 5.32 Å². The SMILES string of the molecule is C=C(Nc1cncc(-c2ccc3[nH]nc(-c4cc5c(-c6cccs6)nccc5[nH]4)c3n2)c1)C1CC1. The van der Waals surface area contributed by atoms with Crippen LogP contribution in [0, 0.1) is 5.92 Å². The van der Waals surface area contributed by atoms with E-state index in [2.05, 4.69) is 60.6 Å². The first kappa shape index (κ1) is 20.1. The third-order valence-electron chi connectivity index (χ3n) is 6.37. The van der Waals surface area contributed by atoms with Crippen LogP contribution < -0.4 is 5.32 Å². The highest BCUT2D eigenvalue weighted by atomic mass is 32.1. The number of hydrogen-bond acceptors (Lipinski definition) is 6. The molecule has 0 spiro atoms. The topological polar surface area (TPSA) is 95.2 Å². The Labute approximate surface area is 205 Å². The second-order valence-corrected chi connectivity index (χ2v) is 9.78. The van der Waals surface area contributed by atoms with Crippen molar-refractivity contribution in [3.8, 4) is 33.2 Å². The zero-order valence-electron chi connectivity index (χ0n) is 18.7. The van der Waals surface area contributed by atoms with E-state index in [4.69, 9.17) is 4.98 Å². The van der Waals surface area contributed by atoms with E-state index in [9.17, 15) is 0 Å². The maximum atomic E-state index is 4.97. The summed E-state index contributed by atoms with van der Waals surface area (Å²) in [5.41, 5.74) is 9.11. The summed E-state index contributed by atoms with van der Waals surface area (Å²) in [4.78, 5) is 18.7. The van der Waals surface area contributed by atoms with E-state index in [1.165, 1.54) is 12.8 Å². The second-order valence-electron chi connectivity index (χ2n) is 8.83. The predicted octanol–water partition coefficient (Wildman–Crippen LogP) is 6.63. The normalized spacial score (nSPS) is 13.5. The van der Waals surface area contributed by atoms with Gasteiger partial charge in [-0.05, 0) is 60.5 Å². The van der Waals surface area contributed by atoms with Crippen molar-refractivity contribution in [1.29, 1.82) is 0 Å². The quantitative estimate of drug-likeness (QED) is 0.251. The van der Waals surface area contributed by atoms with Crippen molar-refractivity contribution in [3.63, 3.8) is 0 Å². The molecule has 0 aromatic carbocycles. The molecule has 0 radical (unpaired) electrons. The number of rotatable bonds is 6. The molecular weight excluding hydrogens is 454 g/mol. The monoisotopic (exact) mass is 475 g/mol. The van der Waals surface area contributed by atoms with Gasteiger partial charge in [0.15, 0.2) is 0 Å². The van der Waals surface area contributed by atoms with Crippen LogP contribution in [-0.2, 0) is 0 Å². The van der Waals surface area contributed by atoms with Crippen LogP contribution in [-0.4, -0.2) is 30.1 Å². The Hall–Kier alpha value is -4.30. The Balaban J connectivity index is 1.29.